The molecule has 1 aliphatic rings. The SMILES string of the molecule is CC1(C)OB(c2ccn(-c3cccs3)n2)OC1(C)C. The molecular weight excluding hydrogens is 259 g/mol. The lowest BCUT2D eigenvalue weighted by Gasteiger charge is -2.32. The molecule has 1 saturated heterocycles. The number of rotatable bonds is 2. The fourth-order valence-electron chi connectivity index (χ4n) is 1.95. The standard InChI is InChI=1S/C13H17BN2O2S/c1-12(2)13(3,4)18-14(17-12)10-7-8-16(15-10)11-6-5-9-19-11/h5-9H,1-4H3. The number of aromatic nitrogens is 2. The van der Waals surface area contributed by atoms with Crippen molar-refractivity contribution in [2.75, 3.05) is 0 Å². The second kappa shape index (κ2) is 4.20. The topological polar surface area (TPSA) is 36.3 Å². The normalized spacial score (nSPS) is 20.9. The molecule has 3 heterocycles. The third-order valence-corrected chi connectivity index (χ3v) is 4.69. The smallest absolute Gasteiger partial charge is 0.398 e. The van der Waals surface area contributed by atoms with E-state index >= 15 is 0 Å². The molecule has 0 aliphatic carbocycles. The van der Waals surface area contributed by atoms with Gasteiger partial charge in [-0.3, -0.25) is 0 Å². The van der Waals surface area contributed by atoms with Crippen molar-refractivity contribution in [3.05, 3.63) is 29.8 Å². The Kier molecular flexibility index (Phi) is 2.85. The molecule has 0 radical (unpaired) electrons. The molecular formula is C13H17BN2O2S. The Bertz CT molecular complexity index is 561. The molecule has 0 saturated carbocycles. The third-order valence-electron chi connectivity index (χ3n) is 3.84. The molecule has 0 amide bonds. The zero-order chi connectivity index (χ0) is 13.7. The van der Waals surface area contributed by atoms with Gasteiger partial charge in [-0.2, -0.15) is 5.10 Å². The van der Waals surface area contributed by atoms with E-state index in [-0.39, 0.29) is 11.2 Å². The van der Waals surface area contributed by atoms with Gasteiger partial charge in [0.2, 0.25) is 0 Å². The van der Waals surface area contributed by atoms with Crippen molar-refractivity contribution in [2.24, 2.45) is 0 Å². The van der Waals surface area contributed by atoms with Crippen molar-refractivity contribution >= 4 is 24.0 Å². The van der Waals surface area contributed by atoms with Crippen molar-refractivity contribution in [1.29, 1.82) is 0 Å². The van der Waals surface area contributed by atoms with Gasteiger partial charge >= 0.3 is 7.12 Å². The second-order valence-electron chi connectivity index (χ2n) is 5.72. The summed E-state index contributed by atoms with van der Waals surface area (Å²) in [6.45, 7) is 8.18. The van der Waals surface area contributed by atoms with Gasteiger partial charge < -0.3 is 9.31 Å². The number of thiophene rings is 1. The predicted molar refractivity (Wildman–Crippen MR) is 77.2 cm³/mol. The molecule has 1 fully saturated rings. The highest BCUT2D eigenvalue weighted by molar-refractivity contribution is 7.12. The molecule has 0 aromatic carbocycles. The summed E-state index contributed by atoms with van der Waals surface area (Å²) < 4.78 is 13.8. The summed E-state index contributed by atoms with van der Waals surface area (Å²) in [6, 6.07) is 5.99. The maximum absolute atomic E-state index is 5.99. The Morgan fingerprint density at radius 3 is 2.42 bits per heavy atom. The molecule has 0 unspecified atom stereocenters. The highest BCUT2D eigenvalue weighted by Gasteiger charge is 2.52. The van der Waals surface area contributed by atoms with Gasteiger partial charge in [-0.05, 0) is 51.3 Å². The molecule has 4 nitrogen and oxygen atoms in total. The van der Waals surface area contributed by atoms with Crippen LogP contribution < -0.4 is 5.59 Å². The zero-order valence-corrected chi connectivity index (χ0v) is 12.4. The van der Waals surface area contributed by atoms with Crippen LogP contribution in [0.15, 0.2) is 29.8 Å². The lowest BCUT2D eigenvalue weighted by molar-refractivity contribution is 0.00578. The van der Waals surface area contributed by atoms with Crippen molar-refractivity contribution in [3.63, 3.8) is 0 Å². The van der Waals surface area contributed by atoms with Crippen LogP contribution in [0.5, 0.6) is 0 Å². The summed E-state index contributed by atoms with van der Waals surface area (Å²) in [5.74, 6) is 0. The zero-order valence-electron chi connectivity index (χ0n) is 11.6. The Morgan fingerprint density at radius 1 is 1.16 bits per heavy atom. The molecule has 3 rings (SSSR count). The fraction of sp³-hybridized carbons (Fsp3) is 0.462. The van der Waals surface area contributed by atoms with E-state index in [2.05, 4.69) is 5.10 Å². The Labute approximate surface area is 117 Å². The quantitative estimate of drug-likeness (QED) is 0.789. The largest absolute Gasteiger partial charge is 0.516 e. The van der Waals surface area contributed by atoms with Crippen LogP contribution in [0.2, 0.25) is 0 Å². The van der Waals surface area contributed by atoms with Crippen molar-refractivity contribution < 1.29 is 9.31 Å². The minimum Gasteiger partial charge on any atom is -0.398 e. The summed E-state index contributed by atoms with van der Waals surface area (Å²) in [6.07, 6.45) is 1.94. The van der Waals surface area contributed by atoms with Gasteiger partial charge in [0.1, 0.15) is 5.00 Å². The maximum atomic E-state index is 5.99. The van der Waals surface area contributed by atoms with E-state index in [0.29, 0.717) is 0 Å². The van der Waals surface area contributed by atoms with E-state index in [4.69, 9.17) is 9.31 Å². The molecule has 0 bridgehead atoms. The second-order valence-corrected chi connectivity index (χ2v) is 6.65. The minimum atomic E-state index is -0.397. The van der Waals surface area contributed by atoms with Crippen LogP contribution in [0.25, 0.3) is 5.00 Å². The first-order valence-corrected chi connectivity index (χ1v) is 7.22. The van der Waals surface area contributed by atoms with Crippen LogP contribution in [0.3, 0.4) is 0 Å². The summed E-state index contributed by atoms with van der Waals surface area (Å²) in [4.78, 5) is 0. The summed E-state index contributed by atoms with van der Waals surface area (Å²) in [5, 5.41) is 7.66. The van der Waals surface area contributed by atoms with Crippen LogP contribution in [0.4, 0.5) is 0 Å². The van der Waals surface area contributed by atoms with Crippen molar-refractivity contribution in [1.82, 2.24) is 9.78 Å². The van der Waals surface area contributed by atoms with E-state index in [1.807, 2.05) is 62.2 Å². The van der Waals surface area contributed by atoms with E-state index in [9.17, 15) is 0 Å². The molecule has 0 N–H and O–H groups in total. The first-order chi connectivity index (χ1) is 8.89. The molecule has 0 atom stereocenters. The molecule has 0 spiro atoms. The summed E-state index contributed by atoms with van der Waals surface area (Å²) in [7, 11) is -0.397. The number of nitrogens with zero attached hydrogens (tertiary/aromatic N) is 2. The Balaban J connectivity index is 1.85. The number of hydrogen-bond acceptors (Lipinski definition) is 4. The molecule has 2 aromatic rings. The lowest BCUT2D eigenvalue weighted by atomic mass is 9.85. The molecule has 6 heteroatoms. The van der Waals surface area contributed by atoms with E-state index in [1.165, 1.54) is 0 Å². The highest BCUT2D eigenvalue weighted by Crippen LogP contribution is 2.36. The first-order valence-electron chi connectivity index (χ1n) is 6.34. The first kappa shape index (κ1) is 12.9. The van der Waals surface area contributed by atoms with Gasteiger partial charge in [0.05, 0.1) is 16.8 Å². The average Bonchev–Trinajstić information content (AvgIpc) is 3.00. The van der Waals surface area contributed by atoms with Gasteiger partial charge in [0.15, 0.2) is 0 Å². The van der Waals surface area contributed by atoms with Gasteiger partial charge in [-0.25, -0.2) is 4.68 Å². The van der Waals surface area contributed by atoms with Gasteiger partial charge in [0.25, 0.3) is 0 Å². The third kappa shape index (κ3) is 2.14. The minimum absolute atomic E-state index is 0.329. The highest BCUT2D eigenvalue weighted by atomic mass is 32.1. The monoisotopic (exact) mass is 276 g/mol. The van der Waals surface area contributed by atoms with Crippen LogP contribution in [0.1, 0.15) is 27.7 Å². The molecule has 1 aliphatic heterocycles. The maximum Gasteiger partial charge on any atom is 0.516 e. The van der Waals surface area contributed by atoms with Crippen molar-refractivity contribution in [2.45, 2.75) is 38.9 Å². The summed E-state index contributed by atoms with van der Waals surface area (Å²) >= 11 is 1.65. The van der Waals surface area contributed by atoms with Gasteiger partial charge in [0, 0.05) is 6.20 Å². The van der Waals surface area contributed by atoms with Crippen LogP contribution in [0, 0.1) is 0 Å². The van der Waals surface area contributed by atoms with Crippen LogP contribution in [-0.2, 0) is 9.31 Å². The van der Waals surface area contributed by atoms with Crippen LogP contribution in [-0.4, -0.2) is 28.1 Å². The predicted octanol–water partition coefficient (Wildman–Crippen LogP) is 2.23. The molecule has 100 valence electrons. The van der Waals surface area contributed by atoms with Gasteiger partial charge in [-0.15, -0.1) is 11.3 Å². The number of hydrogen-bond donors (Lipinski definition) is 0. The van der Waals surface area contributed by atoms with Gasteiger partial charge in [-0.1, -0.05) is 0 Å². The average molecular weight is 276 g/mol. The Morgan fingerprint density at radius 2 is 1.84 bits per heavy atom. The lowest BCUT2D eigenvalue weighted by Crippen LogP contribution is -2.41. The van der Waals surface area contributed by atoms with Crippen molar-refractivity contribution in [3.8, 4) is 5.00 Å². The van der Waals surface area contributed by atoms with E-state index in [0.717, 1.165) is 10.6 Å². The van der Waals surface area contributed by atoms with E-state index < -0.39 is 7.12 Å². The Hall–Kier alpha value is -1.11. The van der Waals surface area contributed by atoms with Crippen LogP contribution >= 0.6 is 11.3 Å². The van der Waals surface area contributed by atoms with E-state index in [1.54, 1.807) is 11.3 Å². The summed E-state index contributed by atoms with van der Waals surface area (Å²) in [5.41, 5.74) is 0.154. The fourth-order valence-corrected chi connectivity index (χ4v) is 2.61. The molecule has 2 aromatic heterocycles. The molecule has 19 heavy (non-hydrogen) atoms.